The van der Waals surface area contributed by atoms with Crippen LogP contribution in [0.2, 0.25) is 0 Å². The van der Waals surface area contributed by atoms with Gasteiger partial charge in [-0.3, -0.25) is 0 Å². The first-order valence-electron chi connectivity index (χ1n) is 4.71. The number of anilines is 2. The van der Waals surface area contributed by atoms with Crippen molar-refractivity contribution in [2.24, 2.45) is 0 Å². The summed E-state index contributed by atoms with van der Waals surface area (Å²) in [5.74, 6) is 0. The summed E-state index contributed by atoms with van der Waals surface area (Å²) in [6.45, 7) is 4.67. The lowest BCUT2D eigenvalue weighted by Crippen LogP contribution is -2.32. The number of nitriles is 1. The molecule has 0 amide bonds. The molecule has 1 rings (SSSR count). The monoisotopic (exact) mass is 189 g/mol. The van der Waals surface area contributed by atoms with E-state index in [1.165, 1.54) is 0 Å². The van der Waals surface area contributed by atoms with Gasteiger partial charge in [-0.1, -0.05) is 12.1 Å². The quantitative estimate of drug-likeness (QED) is 0.740. The molecule has 2 N–H and O–H groups in total. The van der Waals surface area contributed by atoms with Crippen LogP contribution in [0.5, 0.6) is 0 Å². The van der Waals surface area contributed by atoms with E-state index < -0.39 is 0 Å². The molecule has 0 saturated heterocycles. The van der Waals surface area contributed by atoms with E-state index in [1.54, 1.807) is 0 Å². The molecule has 0 saturated carbocycles. The molecule has 74 valence electrons. The molecule has 0 aliphatic carbocycles. The van der Waals surface area contributed by atoms with Gasteiger partial charge in [0.1, 0.15) is 6.04 Å². The fraction of sp³-hybridized carbons (Fsp3) is 0.364. The topological polar surface area (TPSA) is 53.0 Å². The Morgan fingerprint density at radius 2 is 2.14 bits per heavy atom. The van der Waals surface area contributed by atoms with Gasteiger partial charge in [0, 0.05) is 6.54 Å². The number of hydrogen-bond acceptors (Lipinski definition) is 3. The minimum Gasteiger partial charge on any atom is -0.397 e. The van der Waals surface area contributed by atoms with Crippen LogP contribution in [0.1, 0.15) is 13.8 Å². The molecule has 1 atom stereocenters. The van der Waals surface area contributed by atoms with Crippen molar-refractivity contribution < 1.29 is 0 Å². The number of nitrogens with zero attached hydrogens (tertiary/aromatic N) is 2. The van der Waals surface area contributed by atoms with E-state index in [1.807, 2.05) is 43.0 Å². The van der Waals surface area contributed by atoms with Crippen molar-refractivity contribution in [3.05, 3.63) is 24.3 Å². The SMILES string of the molecule is CCN(c1ccccc1N)C(C)C#N. The van der Waals surface area contributed by atoms with Gasteiger partial charge in [0.05, 0.1) is 17.4 Å². The summed E-state index contributed by atoms with van der Waals surface area (Å²) in [6.07, 6.45) is 0. The molecule has 1 unspecified atom stereocenters. The number of nitrogens with two attached hydrogens (primary N) is 1. The van der Waals surface area contributed by atoms with Crippen LogP contribution in [0.3, 0.4) is 0 Å². The van der Waals surface area contributed by atoms with Crippen molar-refractivity contribution in [3.63, 3.8) is 0 Å². The second-order valence-electron chi connectivity index (χ2n) is 3.15. The Morgan fingerprint density at radius 1 is 1.50 bits per heavy atom. The summed E-state index contributed by atoms with van der Waals surface area (Å²) >= 11 is 0. The van der Waals surface area contributed by atoms with Crippen LogP contribution in [0, 0.1) is 11.3 Å². The van der Waals surface area contributed by atoms with E-state index in [0.29, 0.717) is 0 Å². The van der Waals surface area contributed by atoms with Gasteiger partial charge in [0.15, 0.2) is 0 Å². The highest BCUT2D eigenvalue weighted by Gasteiger charge is 2.13. The first kappa shape index (κ1) is 10.4. The lowest BCUT2D eigenvalue weighted by molar-refractivity contribution is 0.769. The minimum absolute atomic E-state index is 0.148. The number of para-hydroxylation sites is 2. The van der Waals surface area contributed by atoms with Gasteiger partial charge in [0.25, 0.3) is 0 Å². The normalized spacial score (nSPS) is 11.8. The number of hydrogen-bond donors (Lipinski definition) is 1. The third kappa shape index (κ3) is 1.97. The van der Waals surface area contributed by atoms with E-state index in [2.05, 4.69) is 6.07 Å². The number of rotatable bonds is 3. The molecule has 14 heavy (non-hydrogen) atoms. The molecule has 0 spiro atoms. The fourth-order valence-corrected chi connectivity index (χ4v) is 1.47. The molecule has 3 nitrogen and oxygen atoms in total. The van der Waals surface area contributed by atoms with Crippen molar-refractivity contribution in [2.45, 2.75) is 19.9 Å². The van der Waals surface area contributed by atoms with Gasteiger partial charge in [-0.15, -0.1) is 0 Å². The zero-order chi connectivity index (χ0) is 10.6. The summed E-state index contributed by atoms with van der Waals surface area (Å²) in [4.78, 5) is 1.98. The van der Waals surface area contributed by atoms with Gasteiger partial charge < -0.3 is 10.6 Å². The second-order valence-corrected chi connectivity index (χ2v) is 3.15. The van der Waals surface area contributed by atoms with Gasteiger partial charge >= 0.3 is 0 Å². The van der Waals surface area contributed by atoms with Crippen LogP contribution in [0.25, 0.3) is 0 Å². The Labute approximate surface area is 84.7 Å². The van der Waals surface area contributed by atoms with Crippen molar-refractivity contribution in [1.82, 2.24) is 0 Å². The Balaban J connectivity index is 3.02. The third-order valence-corrected chi connectivity index (χ3v) is 2.24. The standard InChI is InChI=1S/C11H15N3/c1-3-14(9(2)8-12)11-7-5-4-6-10(11)13/h4-7,9H,3,13H2,1-2H3. The smallest absolute Gasteiger partial charge is 0.114 e. The van der Waals surface area contributed by atoms with E-state index in [9.17, 15) is 0 Å². The van der Waals surface area contributed by atoms with E-state index in [-0.39, 0.29) is 6.04 Å². The highest BCUT2D eigenvalue weighted by Crippen LogP contribution is 2.23. The van der Waals surface area contributed by atoms with Gasteiger partial charge in [0.2, 0.25) is 0 Å². The predicted molar refractivity (Wildman–Crippen MR) is 58.9 cm³/mol. The maximum atomic E-state index is 8.86. The molecule has 0 aliphatic heterocycles. The fourth-order valence-electron chi connectivity index (χ4n) is 1.47. The number of benzene rings is 1. The zero-order valence-corrected chi connectivity index (χ0v) is 8.57. The average Bonchev–Trinajstić information content (AvgIpc) is 2.21. The molecule has 0 heterocycles. The average molecular weight is 189 g/mol. The number of nitrogen functional groups attached to an aromatic ring is 1. The molecular weight excluding hydrogens is 174 g/mol. The molecule has 0 aliphatic rings. The molecule has 3 heteroatoms. The largest absolute Gasteiger partial charge is 0.397 e. The lowest BCUT2D eigenvalue weighted by Gasteiger charge is -2.26. The molecule has 1 aromatic rings. The summed E-state index contributed by atoms with van der Waals surface area (Å²) in [5.41, 5.74) is 7.49. The van der Waals surface area contributed by atoms with E-state index in [4.69, 9.17) is 11.0 Å². The van der Waals surface area contributed by atoms with E-state index >= 15 is 0 Å². The maximum absolute atomic E-state index is 8.86. The highest BCUT2D eigenvalue weighted by molar-refractivity contribution is 5.68. The minimum atomic E-state index is -0.148. The van der Waals surface area contributed by atoms with Crippen molar-refractivity contribution in [1.29, 1.82) is 5.26 Å². The van der Waals surface area contributed by atoms with Crippen LogP contribution >= 0.6 is 0 Å². The Bertz CT molecular complexity index is 341. The summed E-state index contributed by atoms with van der Waals surface area (Å²) in [5, 5.41) is 8.86. The Hall–Kier alpha value is -1.69. The van der Waals surface area contributed by atoms with Crippen molar-refractivity contribution in [2.75, 3.05) is 17.2 Å². The van der Waals surface area contributed by atoms with Crippen molar-refractivity contribution >= 4 is 11.4 Å². The summed E-state index contributed by atoms with van der Waals surface area (Å²) < 4.78 is 0. The molecule has 0 aromatic heterocycles. The molecular formula is C11H15N3. The first-order chi connectivity index (χ1) is 6.70. The van der Waals surface area contributed by atoms with Crippen LogP contribution in [0.4, 0.5) is 11.4 Å². The summed E-state index contributed by atoms with van der Waals surface area (Å²) in [6, 6.07) is 9.67. The second kappa shape index (κ2) is 4.52. The van der Waals surface area contributed by atoms with Crippen LogP contribution in [0.15, 0.2) is 24.3 Å². The third-order valence-electron chi connectivity index (χ3n) is 2.24. The van der Waals surface area contributed by atoms with Gasteiger partial charge in [-0.05, 0) is 26.0 Å². The van der Waals surface area contributed by atoms with Crippen LogP contribution in [-0.4, -0.2) is 12.6 Å². The Morgan fingerprint density at radius 3 is 2.64 bits per heavy atom. The van der Waals surface area contributed by atoms with Crippen LogP contribution in [-0.2, 0) is 0 Å². The van der Waals surface area contributed by atoms with Crippen LogP contribution < -0.4 is 10.6 Å². The maximum Gasteiger partial charge on any atom is 0.114 e. The first-order valence-corrected chi connectivity index (χ1v) is 4.71. The van der Waals surface area contributed by atoms with Gasteiger partial charge in [-0.25, -0.2) is 0 Å². The summed E-state index contributed by atoms with van der Waals surface area (Å²) in [7, 11) is 0. The predicted octanol–water partition coefficient (Wildman–Crippen LogP) is 2.01. The molecule has 1 aromatic carbocycles. The molecule has 0 radical (unpaired) electrons. The Kier molecular flexibility index (Phi) is 3.35. The zero-order valence-electron chi connectivity index (χ0n) is 8.57. The molecule has 0 fully saturated rings. The highest BCUT2D eigenvalue weighted by atomic mass is 15.2. The van der Waals surface area contributed by atoms with Gasteiger partial charge in [-0.2, -0.15) is 5.26 Å². The molecule has 0 bridgehead atoms. The lowest BCUT2D eigenvalue weighted by atomic mass is 10.2. The van der Waals surface area contributed by atoms with E-state index in [0.717, 1.165) is 17.9 Å². The van der Waals surface area contributed by atoms with Crippen molar-refractivity contribution in [3.8, 4) is 6.07 Å².